The van der Waals surface area contributed by atoms with E-state index in [0.717, 1.165) is 16.4 Å². The first-order valence-corrected chi connectivity index (χ1v) is 6.13. The van der Waals surface area contributed by atoms with Crippen molar-refractivity contribution in [2.75, 3.05) is 4.43 Å². The zero-order chi connectivity index (χ0) is 10.0. The molecule has 1 aliphatic rings. The summed E-state index contributed by atoms with van der Waals surface area (Å²) in [5, 5.41) is 0. The maximum Gasteiger partial charge on any atom is 0.306 e. The van der Waals surface area contributed by atoms with E-state index in [1.807, 2.05) is 30.3 Å². The molecule has 1 aromatic carbocycles. The minimum atomic E-state index is -0.362. The Hall–Kier alpha value is -0.580. The van der Waals surface area contributed by atoms with Crippen molar-refractivity contribution in [1.82, 2.24) is 0 Å². The molecule has 1 atom stereocenters. The number of carbonyl (C=O) groups excluding carboxylic acids is 1. The summed E-state index contributed by atoms with van der Waals surface area (Å²) in [6, 6.07) is 9.99. The van der Waals surface area contributed by atoms with Gasteiger partial charge < -0.3 is 4.74 Å². The number of ether oxygens (including phenoxy) is 1. The number of halogens is 1. The van der Waals surface area contributed by atoms with Crippen LogP contribution in [-0.2, 0) is 15.1 Å². The molecule has 0 spiro atoms. The van der Waals surface area contributed by atoms with E-state index in [1.54, 1.807) is 0 Å². The number of alkyl halides is 1. The lowest BCUT2D eigenvalue weighted by Crippen LogP contribution is -2.27. The highest BCUT2D eigenvalue weighted by atomic mass is 127. The van der Waals surface area contributed by atoms with Crippen LogP contribution in [-0.4, -0.2) is 10.4 Å². The average Bonchev–Trinajstić information content (AvgIpc) is 2.63. The summed E-state index contributed by atoms with van der Waals surface area (Å²) in [6.07, 6.45) is 1.34. The molecular weight excluding hydrogens is 291 g/mol. The van der Waals surface area contributed by atoms with Crippen molar-refractivity contribution in [2.24, 2.45) is 0 Å². The third-order valence-corrected chi connectivity index (χ3v) is 3.79. The van der Waals surface area contributed by atoms with Crippen LogP contribution >= 0.6 is 22.6 Å². The SMILES string of the molecule is O=C1CC[C@@](CI)(c2ccccc2)O1. The number of hydrogen-bond donors (Lipinski definition) is 0. The number of rotatable bonds is 2. The molecular formula is C11H11IO2. The Morgan fingerprint density at radius 1 is 1.36 bits per heavy atom. The van der Waals surface area contributed by atoms with Crippen molar-refractivity contribution in [2.45, 2.75) is 18.4 Å². The van der Waals surface area contributed by atoms with Crippen LogP contribution in [0.2, 0.25) is 0 Å². The Labute approximate surface area is 96.8 Å². The van der Waals surface area contributed by atoms with Gasteiger partial charge in [0, 0.05) is 17.3 Å². The lowest BCUT2D eigenvalue weighted by atomic mass is 9.93. The third-order valence-electron chi connectivity index (χ3n) is 2.56. The Bertz CT molecular complexity index is 336. The number of cyclic esters (lactones) is 1. The molecule has 2 nitrogen and oxygen atoms in total. The van der Waals surface area contributed by atoms with Crippen LogP contribution in [0.25, 0.3) is 0 Å². The molecule has 3 heteroatoms. The third kappa shape index (κ3) is 1.65. The molecule has 2 rings (SSSR count). The molecule has 0 bridgehead atoms. The zero-order valence-corrected chi connectivity index (χ0v) is 9.86. The number of hydrogen-bond acceptors (Lipinski definition) is 2. The Morgan fingerprint density at radius 2 is 2.07 bits per heavy atom. The first-order valence-electron chi connectivity index (χ1n) is 4.60. The highest BCUT2D eigenvalue weighted by molar-refractivity contribution is 14.1. The summed E-state index contributed by atoms with van der Waals surface area (Å²) in [7, 11) is 0. The van der Waals surface area contributed by atoms with Crippen molar-refractivity contribution in [3.05, 3.63) is 35.9 Å². The molecule has 0 aromatic heterocycles. The van der Waals surface area contributed by atoms with Gasteiger partial charge in [0.15, 0.2) is 0 Å². The quantitative estimate of drug-likeness (QED) is 0.477. The molecule has 0 amide bonds. The Balaban J connectivity index is 2.34. The molecule has 0 aliphatic carbocycles. The topological polar surface area (TPSA) is 26.3 Å². The van der Waals surface area contributed by atoms with Gasteiger partial charge in [-0.25, -0.2) is 0 Å². The molecule has 0 N–H and O–H groups in total. The summed E-state index contributed by atoms with van der Waals surface area (Å²) < 4.78 is 6.26. The van der Waals surface area contributed by atoms with E-state index in [0.29, 0.717) is 6.42 Å². The second kappa shape index (κ2) is 3.88. The van der Waals surface area contributed by atoms with Gasteiger partial charge >= 0.3 is 5.97 Å². The van der Waals surface area contributed by atoms with Crippen molar-refractivity contribution in [3.8, 4) is 0 Å². The van der Waals surface area contributed by atoms with Gasteiger partial charge in [-0.2, -0.15) is 0 Å². The molecule has 14 heavy (non-hydrogen) atoms. The van der Waals surface area contributed by atoms with Crippen LogP contribution in [0.1, 0.15) is 18.4 Å². The summed E-state index contributed by atoms with van der Waals surface area (Å²) >= 11 is 2.28. The number of carbonyl (C=O) groups is 1. The van der Waals surface area contributed by atoms with E-state index < -0.39 is 0 Å². The Kier molecular flexibility index (Phi) is 2.76. The molecule has 1 heterocycles. The van der Waals surface area contributed by atoms with Crippen molar-refractivity contribution in [3.63, 3.8) is 0 Å². The highest BCUT2D eigenvalue weighted by Gasteiger charge is 2.40. The van der Waals surface area contributed by atoms with Gasteiger partial charge in [0.1, 0.15) is 5.60 Å². The molecule has 0 saturated carbocycles. The van der Waals surface area contributed by atoms with Gasteiger partial charge in [0.2, 0.25) is 0 Å². The lowest BCUT2D eigenvalue weighted by Gasteiger charge is -2.25. The average molecular weight is 302 g/mol. The fourth-order valence-electron chi connectivity index (χ4n) is 1.74. The first kappa shape index (κ1) is 9.96. The van der Waals surface area contributed by atoms with E-state index in [-0.39, 0.29) is 11.6 Å². The molecule has 0 radical (unpaired) electrons. The second-order valence-electron chi connectivity index (χ2n) is 3.47. The Morgan fingerprint density at radius 3 is 2.57 bits per heavy atom. The maximum atomic E-state index is 11.2. The van der Waals surface area contributed by atoms with E-state index in [4.69, 9.17) is 4.74 Å². The summed E-state index contributed by atoms with van der Waals surface area (Å²) in [5.74, 6) is -0.0782. The van der Waals surface area contributed by atoms with Gasteiger partial charge in [-0.1, -0.05) is 52.9 Å². The smallest absolute Gasteiger partial charge is 0.306 e. The number of benzene rings is 1. The molecule has 1 saturated heterocycles. The van der Waals surface area contributed by atoms with Crippen LogP contribution in [0.5, 0.6) is 0 Å². The van der Waals surface area contributed by atoms with Crippen molar-refractivity contribution >= 4 is 28.6 Å². The molecule has 0 unspecified atom stereocenters. The highest BCUT2D eigenvalue weighted by Crippen LogP contribution is 2.38. The monoisotopic (exact) mass is 302 g/mol. The van der Waals surface area contributed by atoms with Crippen LogP contribution < -0.4 is 0 Å². The minimum absolute atomic E-state index is 0.0782. The first-order chi connectivity index (χ1) is 6.77. The van der Waals surface area contributed by atoms with Crippen LogP contribution in [0.15, 0.2) is 30.3 Å². The molecule has 1 aromatic rings. The fraction of sp³-hybridized carbons (Fsp3) is 0.364. The maximum absolute atomic E-state index is 11.2. The van der Waals surface area contributed by atoms with Crippen LogP contribution in [0.3, 0.4) is 0 Å². The van der Waals surface area contributed by atoms with E-state index >= 15 is 0 Å². The van der Waals surface area contributed by atoms with Crippen molar-refractivity contribution < 1.29 is 9.53 Å². The lowest BCUT2D eigenvalue weighted by molar-refractivity contribution is -0.147. The molecule has 74 valence electrons. The minimum Gasteiger partial charge on any atom is -0.453 e. The normalized spacial score (nSPS) is 26.2. The summed E-state index contributed by atoms with van der Waals surface area (Å²) in [5.41, 5.74) is 0.749. The van der Waals surface area contributed by atoms with Gasteiger partial charge in [-0.3, -0.25) is 4.79 Å². The van der Waals surface area contributed by atoms with E-state index in [9.17, 15) is 4.79 Å². The number of esters is 1. The van der Waals surface area contributed by atoms with Crippen LogP contribution in [0, 0.1) is 0 Å². The second-order valence-corrected chi connectivity index (χ2v) is 4.23. The zero-order valence-electron chi connectivity index (χ0n) is 7.70. The van der Waals surface area contributed by atoms with Gasteiger partial charge in [0.25, 0.3) is 0 Å². The van der Waals surface area contributed by atoms with E-state index in [2.05, 4.69) is 22.6 Å². The summed E-state index contributed by atoms with van der Waals surface area (Å²) in [4.78, 5) is 11.2. The molecule has 1 fully saturated rings. The standard InChI is InChI=1S/C11H11IO2/c12-8-11(7-6-10(13)14-11)9-4-2-1-3-5-9/h1-5H,6-8H2/t11-/m1/s1. The summed E-state index contributed by atoms with van der Waals surface area (Å²) in [6.45, 7) is 0. The van der Waals surface area contributed by atoms with Gasteiger partial charge in [-0.05, 0) is 5.56 Å². The predicted octanol–water partition coefficient (Wildman–Crippen LogP) is 2.65. The van der Waals surface area contributed by atoms with Gasteiger partial charge in [-0.15, -0.1) is 0 Å². The van der Waals surface area contributed by atoms with E-state index in [1.165, 1.54) is 0 Å². The molecule has 1 aliphatic heterocycles. The fourth-order valence-corrected chi connectivity index (χ4v) is 2.72. The van der Waals surface area contributed by atoms with Crippen molar-refractivity contribution in [1.29, 1.82) is 0 Å². The largest absolute Gasteiger partial charge is 0.453 e. The van der Waals surface area contributed by atoms with Gasteiger partial charge in [0.05, 0.1) is 0 Å². The predicted molar refractivity (Wildman–Crippen MR) is 62.3 cm³/mol. The van der Waals surface area contributed by atoms with Crippen LogP contribution in [0.4, 0.5) is 0 Å².